The Morgan fingerprint density at radius 3 is 2.75 bits per heavy atom. The summed E-state index contributed by atoms with van der Waals surface area (Å²) in [7, 11) is 0. The van der Waals surface area contributed by atoms with Crippen LogP contribution in [0.2, 0.25) is 5.02 Å². The monoisotopic (exact) mass is 493 g/mol. The highest BCUT2D eigenvalue weighted by atomic mass is 35.5. The van der Waals surface area contributed by atoms with Crippen molar-refractivity contribution in [3.63, 3.8) is 0 Å². The van der Waals surface area contributed by atoms with Crippen LogP contribution in [0.25, 0.3) is 10.2 Å². The molecule has 9 heteroatoms. The van der Waals surface area contributed by atoms with E-state index in [1.807, 2.05) is 18.2 Å². The van der Waals surface area contributed by atoms with Crippen molar-refractivity contribution in [1.82, 2.24) is 9.88 Å². The number of ether oxygens (including phenoxy) is 1. The van der Waals surface area contributed by atoms with Crippen molar-refractivity contribution in [3.8, 4) is 0 Å². The van der Waals surface area contributed by atoms with E-state index in [-0.39, 0.29) is 11.7 Å². The standard InChI is InChI=1S/C23H25ClFN3O2S2/c24-19-3-1-4-20-22(19)26-23(32-20)28(11-2-10-27-12-14-30-15-13-27)21(29)9-16-31-18-7-5-17(25)6-8-18/h1,3-8H,2,9-16H2. The Kier molecular flexibility index (Phi) is 8.37. The molecule has 170 valence electrons. The number of rotatable bonds is 9. The lowest BCUT2D eigenvalue weighted by Gasteiger charge is -2.27. The van der Waals surface area contributed by atoms with Gasteiger partial charge in [-0.15, -0.1) is 11.8 Å². The molecule has 1 aliphatic rings. The second kappa shape index (κ2) is 11.4. The van der Waals surface area contributed by atoms with Gasteiger partial charge >= 0.3 is 0 Å². The number of amides is 1. The molecule has 1 aromatic heterocycles. The van der Waals surface area contributed by atoms with Crippen LogP contribution in [0.15, 0.2) is 47.4 Å². The number of aromatic nitrogens is 1. The summed E-state index contributed by atoms with van der Waals surface area (Å²) in [5.74, 6) is 0.402. The number of carbonyl (C=O) groups excluding carboxylic acids is 1. The first kappa shape index (κ1) is 23.4. The summed E-state index contributed by atoms with van der Waals surface area (Å²) in [5.41, 5.74) is 0.737. The largest absolute Gasteiger partial charge is 0.379 e. The number of carbonyl (C=O) groups is 1. The van der Waals surface area contributed by atoms with Crippen molar-refractivity contribution < 1.29 is 13.9 Å². The number of thioether (sulfide) groups is 1. The molecule has 2 heterocycles. The SMILES string of the molecule is O=C(CCSc1ccc(F)cc1)N(CCCN1CCOCC1)c1nc2c(Cl)cccc2s1. The number of fused-ring (bicyclic) bond motifs is 1. The number of nitrogens with zero attached hydrogens (tertiary/aromatic N) is 3. The molecule has 1 aliphatic heterocycles. The molecule has 2 aromatic carbocycles. The number of thiazole rings is 1. The summed E-state index contributed by atoms with van der Waals surface area (Å²) in [6, 6.07) is 12.0. The van der Waals surface area contributed by atoms with Gasteiger partial charge in [-0.2, -0.15) is 0 Å². The van der Waals surface area contributed by atoms with Gasteiger partial charge in [0.25, 0.3) is 0 Å². The zero-order valence-electron chi connectivity index (χ0n) is 17.6. The van der Waals surface area contributed by atoms with Gasteiger partial charge in [-0.1, -0.05) is 29.0 Å². The summed E-state index contributed by atoms with van der Waals surface area (Å²) in [6.07, 6.45) is 1.24. The maximum absolute atomic E-state index is 13.2. The average Bonchev–Trinajstić information content (AvgIpc) is 3.24. The van der Waals surface area contributed by atoms with Crippen LogP contribution in [-0.4, -0.2) is 60.9 Å². The van der Waals surface area contributed by atoms with Crippen LogP contribution < -0.4 is 4.90 Å². The predicted molar refractivity (Wildman–Crippen MR) is 131 cm³/mol. The summed E-state index contributed by atoms with van der Waals surface area (Å²) < 4.78 is 19.5. The third kappa shape index (κ3) is 6.20. The fourth-order valence-electron chi connectivity index (χ4n) is 3.54. The van der Waals surface area contributed by atoms with Gasteiger partial charge in [-0.05, 0) is 42.8 Å². The van der Waals surface area contributed by atoms with Crippen molar-refractivity contribution in [2.24, 2.45) is 0 Å². The minimum absolute atomic E-state index is 0.0387. The molecule has 0 saturated carbocycles. The van der Waals surface area contributed by atoms with Crippen molar-refractivity contribution in [3.05, 3.63) is 53.3 Å². The van der Waals surface area contributed by atoms with Crippen LogP contribution in [-0.2, 0) is 9.53 Å². The highest BCUT2D eigenvalue weighted by Gasteiger charge is 2.21. The lowest BCUT2D eigenvalue weighted by molar-refractivity contribution is -0.118. The fourth-order valence-corrected chi connectivity index (χ4v) is 5.69. The third-order valence-electron chi connectivity index (χ3n) is 5.25. The quantitative estimate of drug-likeness (QED) is 0.377. The van der Waals surface area contributed by atoms with Crippen molar-refractivity contribution in [1.29, 1.82) is 0 Å². The fraction of sp³-hybridized carbons (Fsp3) is 0.391. The van der Waals surface area contributed by atoms with E-state index in [2.05, 4.69) is 9.88 Å². The molecular weight excluding hydrogens is 469 g/mol. The second-order valence-electron chi connectivity index (χ2n) is 7.49. The first-order valence-electron chi connectivity index (χ1n) is 10.6. The highest BCUT2D eigenvalue weighted by molar-refractivity contribution is 7.99. The zero-order valence-corrected chi connectivity index (χ0v) is 20.0. The van der Waals surface area contributed by atoms with E-state index in [1.54, 1.807) is 28.8 Å². The van der Waals surface area contributed by atoms with E-state index in [9.17, 15) is 9.18 Å². The van der Waals surface area contributed by atoms with E-state index in [4.69, 9.17) is 16.3 Å². The maximum atomic E-state index is 13.2. The molecular formula is C23H25ClFN3O2S2. The molecule has 0 N–H and O–H groups in total. The Morgan fingerprint density at radius 2 is 2.00 bits per heavy atom. The van der Waals surface area contributed by atoms with E-state index >= 15 is 0 Å². The molecule has 0 aliphatic carbocycles. The number of hydrogen-bond donors (Lipinski definition) is 0. The molecule has 32 heavy (non-hydrogen) atoms. The Balaban J connectivity index is 1.42. The van der Waals surface area contributed by atoms with Crippen molar-refractivity contribution in [2.45, 2.75) is 17.7 Å². The van der Waals surface area contributed by atoms with Crippen LogP contribution in [0.3, 0.4) is 0 Å². The van der Waals surface area contributed by atoms with Gasteiger partial charge in [0.15, 0.2) is 5.13 Å². The number of morpholine rings is 1. The van der Waals surface area contributed by atoms with E-state index < -0.39 is 0 Å². The van der Waals surface area contributed by atoms with Crippen LogP contribution in [0.5, 0.6) is 0 Å². The summed E-state index contributed by atoms with van der Waals surface area (Å²) >= 11 is 9.36. The summed E-state index contributed by atoms with van der Waals surface area (Å²) in [6.45, 7) is 4.91. The molecule has 5 nitrogen and oxygen atoms in total. The molecule has 0 spiro atoms. The Labute approximate surface area is 200 Å². The number of anilines is 1. The third-order valence-corrected chi connectivity index (χ3v) is 7.61. The maximum Gasteiger partial charge on any atom is 0.229 e. The van der Waals surface area contributed by atoms with Gasteiger partial charge in [-0.3, -0.25) is 14.6 Å². The molecule has 0 bridgehead atoms. The van der Waals surface area contributed by atoms with Gasteiger partial charge < -0.3 is 4.74 Å². The van der Waals surface area contributed by atoms with Gasteiger partial charge in [0, 0.05) is 43.2 Å². The molecule has 0 unspecified atom stereocenters. The van der Waals surface area contributed by atoms with Crippen molar-refractivity contribution >= 4 is 56.0 Å². The molecule has 1 amide bonds. The minimum Gasteiger partial charge on any atom is -0.379 e. The number of hydrogen-bond acceptors (Lipinski definition) is 6. The average molecular weight is 494 g/mol. The summed E-state index contributed by atoms with van der Waals surface area (Å²) in [5, 5.41) is 1.28. The Morgan fingerprint density at radius 1 is 1.22 bits per heavy atom. The second-order valence-corrected chi connectivity index (χ2v) is 10.1. The van der Waals surface area contributed by atoms with Gasteiger partial charge in [0.2, 0.25) is 5.91 Å². The Bertz CT molecular complexity index is 1040. The molecule has 3 aromatic rings. The van der Waals surface area contributed by atoms with Gasteiger partial charge in [0.05, 0.1) is 22.9 Å². The number of benzene rings is 2. The van der Waals surface area contributed by atoms with Gasteiger partial charge in [0.1, 0.15) is 11.3 Å². The highest BCUT2D eigenvalue weighted by Crippen LogP contribution is 2.33. The molecule has 0 radical (unpaired) electrons. The van der Waals surface area contributed by atoms with Crippen LogP contribution >= 0.6 is 34.7 Å². The number of para-hydroxylation sites is 1. The van der Waals surface area contributed by atoms with E-state index in [0.29, 0.717) is 28.9 Å². The first-order chi connectivity index (χ1) is 15.6. The topological polar surface area (TPSA) is 45.7 Å². The molecule has 0 atom stereocenters. The van der Waals surface area contributed by atoms with Gasteiger partial charge in [-0.25, -0.2) is 9.37 Å². The smallest absolute Gasteiger partial charge is 0.229 e. The first-order valence-corrected chi connectivity index (χ1v) is 12.8. The predicted octanol–water partition coefficient (Wildman–Crippen LogP) is 5.33. The van der Waals surface area contributed by atoms with Crippen LogP contribution in [0.4, 0.5) is 9.52 Å². The number of halogens is 2. The van der Waals surface area contributed by atoms with Crippen LogP contribution in [0, 0.1) is 5.82 Å². The Hall–Kier alpha value is -1.71. The molecule has 1 saturated heterocycles. The zero-order chi connectivity index (χ0) is 22.3. The minimum atomic E-state index is -0.258. The molecule has 1 fully saturated rings. The normalized spacial score (nSPS) is 14.7. The van der Waals surface area contributed by atoms with E-state index in [1.165, 1.54) is 23.5 Å². The summed E-state index contributed by atoms with van der Waals surface area (Å²) in [4.78, 5) is 23.0. The molecule has 4 rings (SSSR count). The van der Waals surface area contributed by atoms with E-state index in [0.717, 1.165) is 54.4 Å². The lowest BCUT2D eigenvalue weighted by Crippen LogP contribution is -2.39. The van der Waals surface area contributed by atoms with Crippen LogP contribution in [0.1, 0.15) is 12.8 Å². The lowest BCUT2D eigenvalue weighted by atomic mass is 10.3. The van der Waals surface area contributed by atoms with Crippen molar-refractivity contribution in [2.75, 3.05) is 50.0 Å².